The lowest BCUT2D eigenvalue weighted by Gasteiger charge is -2.41. The highest BCUT2D eigenvalue weighted by atomic mass is 35.5. The molecule has 3 aromatic heterocycles. The smallest absolute Gasteiger partial charge is 0.362 e. The Bertz CT molecular complexity index is 2220. The van der Waals surface area contributed by atoms with Crippen LogP contribution in [0.3, 0.4) is 0 Å². The van der Waals surface area contributed by atoms with E-state index in [-0.39, 0.29) is 65.7 Å². The van der Waals surface area contributed by atoms with Crippen molar-refractivity contribution in [3.8, 4) is 0 Å². The van der Waals surface area contributed by atoms with E-state index in [9.17, 15) is 32.3 Å². The number of carbonyl (C=O) groups excluding carboxylic acids is 2. The Balaban J connectivity index is 1.21. The Kier molecular flexibility index (Phi) is 10.5. The lowest BCUT2D eigenvalue weighted by molar-refractivity contribution is -0.137. The summed E-state index contributed by atoms with van der Waals surface area (Å²) in [6, 6.07) is 2.76. The number of benzene rings is 1. The normalized spacial score (nSPS) is 18.7. The molecule has 0 spiro atoms. The number of rotatable bonds is 9. The van der Waals surface area contributed by atoms with Gasteiger partial charge in [-0.2, -0.15) is 22.7 Å². The average Bonchev–Trinajstić information content (AvgIpc) is 3.73. The maximum atomic E-state index is 14.5. The quantitative estimate of drug-likeness (QED) is 0.258. The Hall–Kier alpha value is -4.84. The zero-order valence-electron chi connectivity index (χ0n) is 31.2. The summed E-state index contributed by atoms with van der Waals surface area (Å²) in [6.07, 6.45) is 1.72. The SMILES string of the molecule is CCc1c(N2CCN(C(=O)c3c[nH]n(C4CCC4)c3=O)[C@H](C)C2)c(=O)n2nc(N3CCC(N(C)C)CC3)nc2n1CC(=O)Nc1ccc(C(F)(F)F)cc1Cl. The van der Waals surface area contributed by atoms with E-state index in [1.54, 1.807) is 9.47 Å². The first kappa shape index (κ1) is 38.4. The van der Waals surface area contributed by atoms with Gasteiger partial charge in [-0.1, -0.05) is 18.5 Å². The Labute approximate surface area is 319 Å². The predicted octanol–water partition coefficient (Wildman–Crippen LogP) is 3.86. The molecule has 2 saturated heterocycles. The molecule has 15 nitrogen and oxygen atoms in total. The minimum Gasteiger partial charge on any atom is -0.362 e. The summed E-state index contributed by atoms with van der Waals surface area (Å²) in [4.78, 5) is 67.4. The molecule has 3 fully saturated rings. The molecule has 1 atom stereocenters. The van der Waals surface area contributed by atoms with Crippen LogP contribution in [0.25, 0.3) is 5.78 Å². The van der Waals surface area contributed by atoms with Gasteiger partial charge in [-0.15, -0.1) is 5.10 Å². The topological polar surface area (TPSA) is 149 Å². The van der Waals surface area contributed by atoms with Crippen molar-refractivity contribution in [3.63, 3.8) is 0 Å². The first-order valence-corrected chi connectivity index (χ1v) is 19.0. The largest absolute Gasteiger partial charge is 0.416 e. The second-order valence-corrected chi connectivity index (χ2v) is 15.2. The van der Waals surface area contributed by atoms with Gasteiger partial charge in [0.25, 0.3) is 17.0 Å². The van der Waals surface area contributed by atoms with Crippen LogP contribution < -0.4 is 26.2 Å². The number of aromatic amines is 1. The van der Waals surface area contributed by atoms with Crippen molar-refractivity contribution in [1.82, 2.24) is 38.7 Å². The molecule has 3 aliphatic rings. The third-order valence-electron chi connectivity index (χ3n) is 11.2. The molecular weight excluding hydrogens is 743 g/mol. The highest BCUT2D eigenvalue weighted by Gasteiger charge is 2.35. The number of piperazine rings is 1. The van der Waals surface area contributed by atoms with Gasteiger partial charge in [-0.3, -0.25) is 19.2 Å². The van der Waals surface area contributed by atoms with E-state index in [4.69, 9.17) is 16.6 Å². The molecule has 19 heteroatoms. The van der Waals surface area contributed by atoms with Crippen molar-refractivity contribution in [2.75, 3.05) is 61.9 Å². The Morgan fingerprint density at radius 2 is 1.76 bits per heavy atom. The van der Waals surface area contributed by atoms with Crippen LogP contribution in [0.1, 0.15) is 73.6 Å². The van der Waals surface area contributed by atoms with Crippen LogP contribution in [0.5, 0.6) is 0 Å². The highest BCUT2D eigenvalue weighted by molar-refractivity contribution is 6.33. The summed E-state index contributed by atoms with van der Waals surface area (Å²) >= 11 is 6.17. The van der Waals surface area contributed by atoms with Crippen LogP contribution in [0.15, 0.2) is 34.0 Å². The second kappa shape index (κ2) is 15.0. The lowest BCUT2D eigenvalue weighted by Crippen LogP contribution is -2.56. The fraction of sp³-hybridized carbons (Fsp3) is 0.556. The van der Waals surface area contributed by atoms with Crippen LogP contribution in [-0.4, -0.2) is 109 Å². The molecule has 296 valence electrons. The summed E-state index contributed by atoms with van der Waals surface area (Å²) in [7, 11) is 4.07. The lowest BCUT2D eigenvalue weighted by atomic mass is 9.93. The zero-order chi connectivity index (χ0) is 39.3. The Morgan fingerprint density at radius 1 is 1.04 bits per heavy atom. The summed E-state index contributed by atoms with van der Waals surface area (Å²) in [5.41, 5.74) is -0.849. The van der Waals surface area contributed by atoms with E-state index in [1.165, 1.54) is 15.4 Å². The molecule has 5 heterocycles. The zero-order valence-corrected chi connectivity index (χ0v) is 32.0. The molecule has 1 saturated carbocycles. The standard InChI is InChI=1S/C36H45ClF3N11O4/c1-5-28-30(47-15-16-48(21(2)19-47)31(53)25-18-41-50(32(25)54)24-7-6-8-24)33(55)51-35(43-34(44-51)46-13-11-23(12-14-46)45(3)4)49(28)20-29(52)42-27-10-9-22(17-26(27)37)36(38,39)40/h9-10,17-18,21,23-24,41H,5-8,11-16,19-20H2,1-4H3,(H,42,52)/t21-/m1/s1. The molecule has 0 unspecified atom stereocenters. The van der Waals surface area contributed by atoms with Gasteiger partial charge in [0.1, 0.15) is 17.8 Å². The summed E-state index contributed by atoms with van der Waals surface area (Å²) in [5, 5.41) is 9.97. The third-order valence-corrected chi connectivity index (χ3v) is 11.5. The number of halogens is 4. The van der Waals surface area contributed by atoms with Crippen LogP contribution in [0, 0.1) is 0 Å². The molecular formula is C36H45ClF3N11O4. The van der Waals surface area contributed by atoms with Crippen molar-refractivity contribution in [3.05, 3.63) is 66.9 Å². The van der Waals surface area contributed by atoms with E-state index in [1.807, 2.05) is 37.7 Å². The molecule has 7 rings (SSSR count). The van der Waals surface area contributed by atoms with Gasteiger partial charge in [-0.05, 0) is 77.7 Å². The molecule has 2 N–H and O–H groups in total. The van der Waals surface area contributed by atoms with Gasteiger partial charge < -0.3 is 34.6 Å². The number of aromatic nitrogens is 6. The van der Waals surface area contributed by atoms with E-state index in [2.05, 4.69) is 20.4 Å². The molecule has 2 amide bonds. The van der Waals surface area contributed by atoms with Crippen molar-refractivity contribution < 1.29 is 22.8 Å². The van der Waals surface area contributed by atoms with Gasteiger partial charge in [-0.25, -0.2) is 4.68 Å². The van der Waals surface area contributed by atoms with Crippen LogP contribution in [0.2, 0.25) is 5.02 Å². The molecule has 55 heavy (non-hydrogen) atoms. The average molecular weight is 788 g/mol. The van der Waals surface area contributed by atoms with Crippen molar-refractivity contribution in [2.24, 2.45) is 0 Å². The van der Waals surface area contributed by atoms with E-state index in [0.29, 0.717) is 42.9 Å². The fourth-order valence-electron chi connectivity index (χ4n) is 7.83. The van der Waals surface area contributed by atoms with Gasteiger partial charge >= 0.3 is 6.18 Å². The number of hydrogen-bond donors (Lipinski definition) is 2. The van der Waals surface area contributed by atoms with E-state index in [0.717, 1.165) is 50.3 Å². The molecule has 0 radical (unpaired) electrons. The van der Waals surface area contributed by atoms with Crippen molar-refractivity contribution in [1.29, 1.82) is 0 Å². The van der Waals surface area contributed by atoms with Crippen LogP contribution in [-0.2, 0) is 23.9 Å². The van der Waals surface area contributed by atoms with Crippen LogP contribution in [0.4, 0.5) is 30.5 Å². The number of amides is 2. The van der Waals surface area contributed by atoms with Gasteiger partial charge in [0.05, 0.1) is 28.0 Å². The minimum absolute atomic E-state index is 0.00240. The maximum absolute atomic E-state index is 14.5. The van der Waals surface area contributed by atoms with Gasteiger partial charge in [0, 0.05) is 51.0 Å². The number of nitrogens with zero attached hydrogens (tertiary/aromatic N) is 9. The van der Waals surface area contributed by atoms with Crippen molar-refractivity contribution >= 4 is 46.5 Å². The molecule has 1 aromatic carbocycles. The highest BCUT2D eigenvalue weighted by Crippen LogP contribution is 2.34. The van der Waals surface area contributed by atoms with Crippen molar-refractivity contribution in [2.45, 2.75) is 83.2 Å². The first-order valence-electron chi connectivity index (χ1n) is 18.6. The van der Waals surface area contributed by atoms with Gasteiger partial charge in [0.2, 0.25) is 17.6 Å². The fourth-order valence-corrected chi connectivity index (χ4v) is 8.06. The molecule has 0 bridgehead atoms. The summed E-state index contributed by atoms with van der Waals surface area (Å²) in [5.74, 6) is -0.503. The van der Waals surface area contributed by atoms with Gasteiger partial charge in [0.15, 0.2) is 0 Å². The summed E-state index contributed by atoms with van der Waals surface area (Å²) in [6.45, 7) is 5.42. The number of fused-ring (bicyclic) bond motifs is 1. The number of hydrogen-bond acceptors (Lipinski definition) is 9. The third kappa shape index (κ3) is 7.33. The monoisotopic (exact) mass is 787 g/mol. The first-order chi connectivity index (χ1) is 26.2. The molecule has 4 aromatic rings. The predicted molar refractivity (Wildman–Crippen MR) is 201 cm³/mol. The number of piperidine rings is 1. The van der Waals surface area contributed by atoms with E-state index < -0.39 is 29.2 Å². The number of carbonyl (C=O) groups is 2. The number of anilines is 3. The number of H-pyrrole nitrogens is 1. The molecule has 1 aliphatic carbocycles. The number of nitrogens with one attached hydrogen (secondary N) is 2. The Morgan fingerprint density at radius 3 is 2.36 bits per heavy atom. The van der Waals surface area contributed by atoms with E-state index >= 15 is 0 Å². The molecule has 2 aliphatic heterocycles. The number of alkyl halides is 3. The second-order valence-electron chi connectivity index (χ2n) is 14.8. The maximum Gasteiger partial charge on any atom is 0.416 e. The summed E-state index contributed by atoms with van der Waals surface area (Å²) < 4.78 is 44.2. The minimum atomic E-state index is -4.61. The van der Waals surface area contributed by atoms with Crippen LogP contribution >= 0.6 is 11.6 Å².